The summed E-state index contributed by atoms with van der Waals surface area (Å²) in [7, 11) is -2.19. The number of hydrogen-bond donors (Lipinski definition) is 0. The monoisotopic (exact) mass is 338 g/mol. The van der Waals surface area contributed by atoms with Crippen LogP contribution in [0, 0.1) is 0 Å². The number of rotatable bonds is 6. The summed E-state index contributed by atoms with van der Waals surface area (Å²) in [6.07, 6.45) is 0. The van der Waals surface area contributed by atoms with Gasteiger partial charge in [-0.1, -0.05) is 24.3 Å². The molecule has 0 spiro atoms. The minimum Gasteiger partial charge on any atom is -0.312 e. The molecule has 0 N–H and O–H groups in total. The van der Waals surface area contributed by atoms with Crippen LogP contribution in [0.5, 0.6) is 0 Å². The van der Waals surface area contributed by atoms with Gasteiger partial charge in [0.05, 0.1) is 6.54 Å². The van der Waals surface area contributed by atoms with E-state index in [2.05, 4.69) is 0 Å². The first-order valence-corrected chi connectivity index (χ1v) is 9.14. The van der Waals surface area contributed by atoms with Crippen LogP contribution in [0.2, 0.25) is 0 Å². The molecule has 0 aliphatic rings. The van der Waals surface area contributed by atoms with Gasteiger partial charge >= 0.3 is 0 Å². The molecule has 1 aromatic carbocycles. The van der Waals surface area contributed by atoms with Gasteiger partial charge in [-0.25, -0.2) is 8.42 Å². The molecule has 0 radical (unpaired) electrons. The van der Waals surface area contributed by atoms with Crippen molar-refractivity contribution in [2.75, 3.05) is 25.0 Å². The summed E-state index contributed by atoms with van der Waals surface area (Å²) >= 11 is 1.14. The number of para-hydroxylation sites is 1. The van der Waals surface area contributed by atoms with E-state index in [1.807, 2.05) is 37.3 Å². The third-order valence-corrected chi connectivity index (χ3v) is 6.38. The fourth-order valence-electron chi connectivity index (χ4n) is 2.04. The maximum atomic E-state index is 12.4. The molecule has 0 saturated heterocycles. The molecular formula is C15H18N2O3S2. The summed E-state index contributed by atoms with van der Waals surface area (Å²) < 4.78 is 26.0. The molecular weight excluding hydrogens is 320 g/mol. The van der Waals surface area contributed by atoms with Gasteiger partial charge in [0.25, 0.3) is 10.0 Å². The van der Waals surface area contributed by atoms with Gasteiger partial charge in [-0.2, -0.15) is 4.31 Å². The Morgan fingerprint density at radius 2 is 1.82 bits per heavy atom. The smallest absolute Gasteiger partial charge is 0.252 e. The number of sulfonamides is 1. The molecule has 0 unspecified atom stereocenters. The van der Waals surface area contributed by atoms with E-state index in [0.29, 0.717) is 6.54 Å². The number of anilines is 1. The van der Waals surface area contributed by atoms with Crippen molar-refractivity contribution in [3.63, 3.8) is 0 Å². The highest BCUT2D eigenvalue weighted by Crippen LogP contribution is 2.20. The lowest BCUT2D eigenvalue weighted by Crippen LogP contribution is -2.41. The standard InChI is InChI=1S/C15H18N2O3S2/c1-3-17(13-8-5-4-6-9-13)14(18)12-16(2)22(19,20)15-10-7-11-21-15/h4-11H,3,12H2,1-2H3. The molecule has 22 heavy (non-hydrogen) atoms. The molecule has 2 aromatic rings. The largest absolute Gasteiger partial charge is 0.312 e. The molecule has 118 valence electrons. The number of carbonyl (C=O) groups is 1. The maximum absolute atomic E-state index is 12.4. The fourth-order valence-corrected chi connectivity index (χ4v) is 4.36. The van der Waals surface area contributed by atoms with Crippen molar-refractivity contribution in [3.05, 3.63) is 47.8 Å². The van der Waals surface area contributed by atoms with Crippen LogP contribution in [-0.4, -0.2) is 38.8 Å². The second-order valence-corrected chi connectivity index (χ2v) is 7.89. The number of amides is 1. The van der Waals surface area contributed by atoms with Crippen LogP contribution in [0.25, 0.3) is 0 Å². The molecule has 0 bridgehead atoms. The quantitative estimate of drug-likeness (QED) is 0.813. The van der Waals surface area contributed by atoms with Crippen LogP contribution in [0.1, 0.15) is 6.92 Å². The summed E-state index contributed by atoms with van der Waals surface area (Å²) in [5, 5.41) is 1.70. The molecule has 7 heteroatoms. The van der Waals surface area contributed by atoms with Crippen LogP contribution >= 0.6 is 11.3 Å². The zero-order valence-electron chi connectivity index (χ0n) is 12.5. The van der Waals surface area contributed by atoms with E-state index in [-0.39, 0.29) is 16.7 Å². The topological polar surface area (TPSA) is 57.7 Å². The van der Waals surface area contributed by atoms with Crippen molar-refractivity contribution < 1.29 is 13.2 Å². The lowest BCUT2D eigenvalue weighted by atomic mass is 10.3. The summed E-state index contributed by atoms with van der Waals surface area (Å²) in [6.45, 7) is 2.15. The third-order valence-electron chi connectivity index (χ3n) is 3.20. The second kappa shape index (κ2) is 7.04. The van der Waals surface area contributed by atoms with E-state index in [1.165, 1.54) is 13.1 Å². The highest BCUT2D eigenvalue weighted by Gasteiger charge is 2.25. The van der Waals surface area contributed by atoms with E-state index >= 15 is 0 Å². The average Bonchev–Trinajstić information content (AvgIpc) is 3.04. The third kappa shape index (κ3) is 3.55. The van der Waals surface area contributed by atoms with E-state index < -0.39 is 10.0 Å². The van der Waals surface area contributed by atoms with Crippen molar-refractivity contribution >= 4 is 33.0 Å². The van der Waals surface area contributed by atoms with Gasteiger partial charge in [-0.05, 0) is 30.5 Å². The zero-order valence-corrected chi connectivity index (χ0v) is 14.1. The Kier molecular flexibility index (Phi) is 5.33. The van der Waals surface area contributed by atoms with Crippen LogP contribution in [0.15, 0.2) is 52.1 Å². The Morgan fingerprint density at radius 3 is 2.36 bits per heavy atom. The van der Waals surface area contributed by atoms with Gasteiger partial charge in [0.1, 0.15) is 4.21 Å². The lowest BCUT2D eigenvalue weighted by Gasteiger charge is -2.24. The van der Waals surface area contributed by atoms with Crippen molar-refractivity contribution in [1.29, 1.82) is 0 Å². The highest BCUT2D eigenvalue weighted by molar-refractivity contribution is 7.91. The first-order valence-electron chi connectivity index (χ1n) is 6.82. The van der Waals surface area contributed by atoms with Gasteiger partial charge < -0.3 is 4.90 Å². The first kappa shape index (κ1) is 16.7. The maximum Gasteiger partial charge on any atom is 0.252 e. The molecule has 1 aromatic heterocycles. The van der Waals surface area contributed by atoms with Crippen molar-refractivity contribution in [2.45, 2.75) is 11.1 Å². The molecule has 0 aliphatic heterocycles. The number of nitrogens with zero attached hydrogens (tertiary/aromatic N) is 2. The molecule has 5 nitrogen and oxygen atoms in total. The molecule has 0 fully saturated rings. The van der Waals surface area contributed by atoms with E-state index in [4.69, 9.17) is 0 Å². The zero-order chi connectivity index (χ0) is 16.2. The number of likely N-dealkylation sites (N-methyl/N-ethyl adjacent to an activating group) is 2. The molecule has 0 atom stereocenters. The van der Waals surface area contributed by atoms with Crippen LogP contribution < -0.4 is 4.90 Å². The SMILES string of the molecule is CCN(C(=O)CN(C)S(=O)(=O)c1cccs1)c1ccccc1. The summed E-state index contributed by atoms with van der Waals surface area (Å²) in [5.74, 6) is -0.253. The molecule has 0 aliphatic carbocycles. The van der Waals surface area contributed by atoms with Gasteiger partial charge in [0, 0.05) is 19.3 Å². The first-order chi connectivity index (χ1) is 10.5. The summed E-state index contributed by atoms with van der Waals surface area (Å²) in [6, 6.07) is 12.4. The van der Waals surface area contributed by atoms with Gasteiger partial charge in [-0.3, -0.25) is 4.79 Å². The summed E-state index contributed by atoms with van der Waals surface area (Å²) in [4.78, 5) is 14.0. The Labute approximate surface area is 134 Å². The Balaban J connectivity index is 2.14. The predicted molar refractivity (Wildman–Crippen MR) is 88.6 cm³/mol. The van der Waals surface area contributed by atoms with Gasteiger partial charge in [0.15, 0.2) is 0 Å². The number of carbonyl (C=O) groups excluding carboxylic acids is 1. The fraction of sp³-hybridized carbons (Fsp3) is 0.267. The molecule has 1 heterocycles. The van der Waals surface area contributed by atoms with E-state index in [0.717, 1.165) is 21.3 Å². The Bertz CT molecular complexity index is 713. The number of hydrogen-bond acceptors (Lipinski definition) is 4. The molecule has 2 rings (SSSR count). The second-order valence-electron chi connectivity index (χ2n) is 4.67. The minimum absolute atomic E-state index is 0.192. The van der Waals surface area contributed by atoms with Gasteiger partial charge in [0.2, 0.25) is 5.91 Å². The van der Waals surface area contributed by atoms with Crippen molar-refractivity contribution in [2.24, 2.45) is 0 Å². The lowest BCUT2D eigenvalue weighted by molar-refractivity contribution is -0.118. The van der Waals surface area contributed by atoms with Crippen molar-refractivity contribution in [1.82, 2.24) is 4.31 Å². The van der Waals surface area contributed by atoms with Crippen LogP contribution in [0.4, 0.5) is 5.69 Å². The highest BCUT2D eigenvalue weighted by atomic mass is 32.2. The number of thiophene rings is 1. The van der Waals surface area contributed by atoms with Crippen LogP contribution in [0.3, 0.4) is 0 Å². The van der Waals surface area contributed by atoms with E-state index in [1.54, 1.807) is 16.3 Å². The average molecular weight is 338 g/mol. The normalized spacial score (nSPS) is 11.6. The molecule has 0 saturated carbocycles. The Hall–Kier alpha value is -1.70. The summed E-state index contributed by atoms with van der Waals surface area (Å²) in [5.41, 5.74) is 0.761. The predicted octanol–water partition coefficient (Wildman–Crippen LogP) is 2.42. The number of benzene rings is 1. The molecule has 1 amide bonds. The minimum atomic E-state index is -3.61. The van der Waals surface area contributed by atoms with Crippen LogP contribution in [-0.2, 0) is 14.8 Å². The van der Waals surface area contributed by atoms with Gasteiger partial charge in [-0.15, -0.1) is 11.3 Å². The van der Waals surface area contributed by atoms with E-state index in [9.17, 15) is 13.2 Å². The Morgan fingerprint density at radius 1 is 1.14 bits per heavy atom. The van der Waals surface area contributed by atoms with Crippen molar-refractivity contribution in [3.8, 4) is 0 Å².